The predicted octanol–water partition coefficient (Wildman–Crippen LogP) is 4.72. The van der Waals surface area contributed by atoms with Crippen molar-refractivity contribution in [1.82, 2.24) is 15.1 Å². The van der Waals surface area contributed by atoms with E-state index in [0.717, 1.165) is 22.5 Å². The molecule has 0 radical (unpaired) electrons. The topological polar surface area (TPSA) is 63.8 Å². The van der Waals surface area contributed by atoms with Crippen LogP contribution < -0.4 is 5.32 Å². The third-order valence-corrected chi connectivity index (χ3v) is 4.15. The van der Waals surface area contributed by atoms with E-state index in [9.17, 15) is 0 Å². The number of aromatic nitrogens is 3. The summed E-state index contributed by atoms with van der Waals surface area (Å²) in [6.45, 7) is 2.70. The minimum Gasteiger partial charge on any atom is -0.365 e. The molecular weight excluding hydrogens is 324 g/mol. The highest BCUT2D eigenvalue weighted by atomic mass is 16.5. The Balaban J connectivity index is 1.62. The highest BCUT2D eigenvalue weighted by Gasteiger charge is 2.15. The molecule has 0 bridgehead atoms. The number of rotatable bonds is 5. The average molecular weight is 342 g/mol. The van der Waals surface area contributed by atoms with Crippen LogP contribution in [0.15, 0.2) is 77.4 Å². The molecule has 0 unspecified atom stereocenters. The number of benzene rings is 2. The Bertz CT molecular complexity index is 1010. The number of pyridine rings is 1. The van der Waals surface area contributed by atoms with Crippen molar-refractivity contribution < 1.29 is 4.52 Å². The summed E-state index contributed by atoms with van der Waals surface area (Å²) in [5.74, 6) is 1.75. The standard InChI is InChI=1S/C21H18N4O/c1-15-8-5-6-11-17(15)20-24-21(26-25-20)18-12-7-13-22-19(18)23-14-16-9-3-2-4-10-16/h2-13H,14H2,1H3,(H,22,23). The molecule has 26 heavy (non-hydrogen) atoms. The summed E-state index contributed by atoms with van der Waals surface area (Å²) in [6, 6.07) is 21.9. The first-order valence-electron chi connectivity index (χ1n) is 8.44. The van der Waals surface area contributed by atoms with Crippen molar-refractivity contribution in [3.05, 3.63) is 84.1 Å². The molecular formula is C21H18N4O. The Morgan fingerprint density at radius 1 is 0.885 bits per heavy atom. The summed E-state index contributed by atoms with van der Waals surface area (Å²) in [4.78, 5) is 9.00. The van der Waals surface area contributed by atoms with Gasteiger partial charge in [-0.25, -0.2) is 4.98 Å². The van der Waals surface area contributed by atoms with Crippen molar-refractivity contribution in [2.45, 2.75) is 13.5 Å². The average Bonchev–Trinajstić information content (AvgIpc) is 3.17. The van der Waals surface area contributed by atoms with Gasteiger partial charge in [-0.3, -0.25) is 0 Å². The molecule has 1 N–H and O–H groups in total. The smallest absolute Gasteiger partial charge is 0.261 e. The lowest BCUT2D eigenvalue weighted by Crippen LogP contribution is -2.02. The van der Waals surface area contributed by atoms with Crippen LogP contribution in [0.3, 0.4) is 0 Å². The molecule has 0 aliphatic heterocycles. The Kier molecular flexibility index (Phi) is 4.43. The lowest BCUT2D eigenvalue weighted by molar-refractivity contribution is 0.432. The van der Waals surface area contributed by atoms with E-state index < -0.39 is 0 Å². The highest BCUT2D eigenvalue weighted by Crippen LogP contribution is 2.28. The fraction of sp³-hybridized carbons (Fsp3) is 0.0952. The van der Waals surface area contributed by atoms with Crippen LogP contribution in [0, 0.1) is 6.92 Å². The van der Waals surface area contributed by atoms with E-state index in [1.54, 1.807) is 6.20 Å². The third-order valence-electron chi connectivity index (χ3n) is 4.15. The van der Waals surface area contributed by atoms with Crippen LogP contribution in [0.5, 0.6) is 0 Å². The van der Waals surface area contributed by atoms with Gasteiger partial charge in [0, 0.05) is 18.3 Å². The van der Waals surface area contributed by atoms with Gasteiger partial charge in [0.15, 0.2) is 0 Å². The molecule has 0 spiro atoms. The molecule has 5 heteroatoms. The Labute approximate surface area is 151 Å². The van der Waals surface area contributed by atoms with Crippen molar-refractivity contribution in [1.29, 1.82) is 0 Å². The molecule has 4 rings (SSSR count). The van der Waals surface area contributed by atoms with E-state index in [1.165, 1.54) is 5.56 Å². The fourth-order valence-corrected chi connectivity index (χ4v) is 2.77. The summed E-state index contributed by atoms with van der Waals surface area (Å²) in [7, 11) is 0. The quantitative estimate of drug-likeness (QED) is 0.568. The molecule has 0 atom stereocenters. The van der Waals surface area contributed by atoms with Crippen LogP contribution in [0.25, 0.3) is 22.8 Å². The highest BCUT2D eigenvalue weighted by molar-refractivity contribution is 5.70. The van der Waals surface area contributed by atoms with Gasteiger partial charge in [0.1, 0.15) is 5.82 Å². The molecule has 5 nitrogen and oxygen atoms in total. The number of hydrogen-bond donors (Lipinski definition) is 1. The molecule has 128 valence electrons. The number of nitrogens with zero attached hydrogens (tertiary/aromatic N) is 3. The fourth-order valence-electron chi connectivity index (χ4n) is 2.77. The van der Waals surface area contributed by atoms with Crippen molar-refractivity contribution in [2.75, 3.05) is 5.32 Å². The van der Waals surface area contributed by atoms with Crippen molar-refractivity contribution >= 4 is 5.82 Å². The summed E-state index contributed by atoms with van der Waals surface area (Å²) >= 11 is 0. The second kappa shape index (κ2) is 7.19. The number of hydrogen-bond acceptors (Lipinski definition) is 5. The van der Waals surface area contributed by atoms with E-state index in [4.69, 9.17) is 4.52 Å². The van der Waals surface area contributed by atoms with Crippen molar-refractivity contribution in [3.8, 4) is 22.8 Å². The summed E-state index contributed by atoms with van der Waals surface area (Å²) in [5.41, 5.74) is 4.03. The summed E-state index contributed by atoms with van der Waals surface area (Å²) < 4.78 is 5.51. The van der Waals surface area contributed by atoms with Crippen LogP contribution >= 0.6 is 0 Å². The zero-order valence-electron chi connectivity index (χ0n) is 14.4. The zero-order valence-corrected chi connectivity index (χ0v) is 14.4. The SMILES string of the molecule is Cc1ccccc1-c1noc(-c2cccnc2NCc2ccccc2)n1. The molecule has 0 saturated carbocycles. The molecule has 0 aliphatic rings. The first kappa shape index (κ1) is 16.0. The van der Waals surface area contributed by atoms with Crippen LogP contribution in [-0.4, -0.2) is 15.1 Å². The molecule has 0 saturated heterocycles. The summed E-state index contributed by atoms with van der Waals surface area (Å²) in [6.07, 6.45) is 1.75. The lowest BCUT2D eigenvalue weighted by Gasteiger charge is -2.08. The van der Waals surface area contributed by atoms with Gasteiger partial charge in [0.25, 0.3) is 5.89 Å². The molecule has 0 amide bonds. The molecule has 2 aromatic heterocycles. The largest absolute Gasteiger partial charge is 0.365 e. The molecule has 2 heterocycles. The maximum absolute atomic E-state index is 5.51. The number of nitrogens with one attached hydrogen (secondary N) is 1. The van der Waals surface area contributed by atoms with E-state index in [1.807, 2.05) is 61.5 Å². The molecule has 2 aromatic carbocycles. The zero-order chi connectivity index (χ0) is 17.8. The molecule has 0 fully saturated rings. The second-order valence-electron chi connectivity index (χ2n) is 5.98. The van der Waals surface area contributed by atoms with E-state index in [-0.39, 0.29) is 0 Å². The van der Waals surface area contributed by atoms with Crippen molar-refractivity contribution in [3.63, 3.8) is 0 Å². The first-order chi connectivity index (χ1) is 12.8. The Morgan fingerprint density at radius 3 is 2.50 bits per heavy atom. The molecule has 4 aromatic rings. The van der Waals surface area contributed by atoms with Crippen LogP contribution in [0.1, 0.15) is 11.1 Å². The minimum atomic E-state index is 0.451. The Morgan fingerprint density at radius 2 is 1.65 bits per heavy atom. The predicted molar refractivity (Wildman–Crippen MR) is 101 cm³/mol. The Hall–Kier alpha value is -3.47. The van der Waals surface area contributed by atoms with Gasteiger partial charge in [-0.1, -0.05) is 59.8 Å². The first-order valence-corrected chi connectivity index (χ1v) is 8.44. The third kappa shape index (κ3) is 3.32. The number of aryl methyl sites for hydroxylation is 1. The van der Waals surface area contributed by atoms with Gasteiger partial charge in [-0.05, 0) is 30.2 Å². The van der Waals surface area contributed by atoms with Crippen molar-refractivity contribution in [2.24, 2.45) is 0 Å². The van der Waals surface area contributed by atoms with Crippen LogP contribution in [0.4, 0.5) is 5.82 Å². The van der Waals surface area contributed by atoms with Crippen LogP contribution in [-0.2, 0) is 6.54 Å². The van der Waals surface area contributed by atoms with Gasteiger partial charge in [0.2, 0.25) is 5.82 Å². The lowest BCUT2D eigenvalue weighted by atomic mass is 10.1. The van der Waals surface area contributed by atoms with E-state index >= 15 is 0 Å². The van der Waals surface area contributed by atoms with E-state index in [0.29, 0.717) is 18.3 Å². The van der Waals surface area contributed by atoms with Gasteiger partial charge in [0.05, 0.1) is 5.56 Å². The van der Waals surface area contributed by atoms with E-state index in [2.05, 4.69) is 32.6 Å². The maximum atomic E-state index is 5.51. The van der Waals surface area contributed by atoms with Gasteiger partial charge >= 0.3 is 0 Å². The maximum Gasteiger partial charge on any atom is 0.261 e. The van der Waals surface area contributed by atoms with Gasteiger partial charge in [-0.2, -0.15) is 4.98 Å². The van der Waals surface area contributed by atoms with Crippen LogP contribution in [0.2, 0.25) is 0 Å². The molecule has 0 aliphatic carbocycles. The van der Waals surface area contributed by atoms with Gasteiger partial charge in [-0.15, -0.1) is 0 Å². The normalized spacial score (nSPS) is 10.7. The monoisotopic (exact) mass is 342 g/mol. The second-order valence-corrected chi connectivity index (χ2v) is 5.98. The summed E-state index contributed by atoms with van der Waals surface area (Å²) in [5, 5.41) is 7.49. The minimum absolute atomic E-state index is 0.451. The number of anilines is 1. The van der Waals surface area contributed by atoms with Gasteiger partial charge < -0.3 is 9.84 Å².